The maximum Gasteiger partial charge on any atom is 0.187 e. The van der Waals surface area contributed by atoms with Gasteiger partial charge in [0, 0.05) is 5.41 Å². The quantitative estimate of drug-likeness (QED) is 0.236. The highest BCUT2D eigenvalue weighted by Gasteiger charge is 2.83. The first-order valence-electron chi connectivity index (χ1n) is 10.8. The SMILES string of the molecule is CC1=C[C@H]2O[C@@H]3[C@@H](O[C@@H]4O[C@H](CO)[C@@H](O)[C@H](O)[C@H]4O)C[C@@](C)(C34CO4)[C@@]2(CO)[C@@H](O)C1=O. The second-order valence-electron chi connectivity index (χ2n) is 9.88. The molecular formula is C21H30O11. The van der Waals surface area contributed by atoms with E-state index in [1.54, 1.807) is 13.0 Å². The molecule has 6 N–H and O–H groups in total. The summed E-state index contributed by atoms with van der Waals surface area (Å²) >= 11 is 0. The number of fused-ring (bicyclic) bond motifs is 2. The number of ketones is 1. The molecule has 3 saturated heterocycles. The van der Waals surface area contributed by atoms with Gasteiger partial charge >= 0.3 is 0 Å². The van der Waals surface area contributed by atoms with E-state index in [1.807, 2.05) is 6.92 Å². The van der Waals surface area contributed by atoms with E-state index in [9.17, 15) is 35.4 Å². The van der Waals surface area contributed by atoms with Crippen LogP contribution in [0.3, 0.4) is 0 Å². The third-order valence-electron chi connectivity index (χ3n) is 8.57. The first-order valence-corrected chi connectivity index (χ1v) is 10.8. The van der Waals surface area contributed by atoms with Gasteiger partial charge in [-0.3, -0.25) is 4.79 Å². The Bertz CT molecular complexity index is 825. The lowest BCUT2D eigenvalue weighted by molar-refractivity contribution is -0.318. The smallest absolute Gasteiger partial charge is 0.187 e. The largest absolute Gasteiger partial charge is 0.396 e. The number of ether oxygens (including phenoxy) is 4. The molecule has 5 aliphatic rings. The maximum absolute atomic E-state index is 12.7. The molecule has 0 radical (unpaired) electrons. The van der Waals surface area contributed by atoms with Gasteiger partial charge in [0.05, 0.1) is 37.4 Å². The lowest BCUT2D eigenvalue weighted by Crippen LogP contribution is -2.70. The van der Waals surface area contributed by atoms with Crippen molar-refractivity contribution in [3.63, 3.8) is 0 Å². The van der Waals surface area contributed by atoms with E-state index < -0.39 is 90.5 Å². The molecule has 180 valence electrons. The van der Waals surface area contributed by atoms with Crippen molar-refractivity contribution < 1.29 is 54.4 Å². The molecule has 3 heterocycles. The summed E-state index contributed by atoms with van der Waals surface area (Å²) in [7, 11) is 0. The van der Waals surface area contributed by atoms with Crippen molar-refractivity contribution >= 4 is 5.78 Å². The fourth-order valence-corrected chi connectivity index (χ4v) is 6.46. The van der Waals surface area contributed by atoms with Crippen LogP contribution >= 0.6 is 0 Å². The van der Waals surface area contributed by atoms with Crippen molar-refractivity contribution in [1.29, 1.82) is 0 Å². The van der Waals surface area contributed by atoms with Gasteiger partial charge in [0.2, 0.25) is 0 Å². The van der Waals surface area contributed by atoms with Gasteiger partial charge in [-0.2, -0.15) is 0 Å². The van der Waals surface area contributed by atoms with Gasteiger partial charge in [-0.05, 0) is 25.0 Å². The van der Waals surface area contributed by atoms with Gasteiger partial charge in [0.1, 0.15) is 42.2 Å². The normalized spacial score (nSPS) is 56.8. The molecule has 3 aliphatic heterocycles. The number of rotatable bonds is 4. The summed E-state index contributed by atoms with van der Waals surface area (Å²) in [5, 5.41) is 61.5. The highest BCUT2D eigenvalue weighted by atomic mass is 16.7. The van der Waals surface area contributed by atoms with Gasteiger partial charge in [-0.25, -0.2) is 0 Å². The average Bonchev–Trinajstić information content (AvgIpc) is 3.54. The fraction of sp³-hybridized carbons (Fsp3) is 0.857. The Kier molecular flexibility index (Phi) is 5.16. The summed E-state index contributed by atoms with van der Waals surface area (Å²) in [5.74, 6) is -0.479. The Hall–Kier alpha value is -0.990. The van der Waals surface area contributed by atoms with E-state index in [2.05, 4.69) is 0 Å². The minimum absolute atomic E-state index is 0.209. The minimum atomic E-state index is -1.59. The average molecular weight is 458 g/mol. The van der Waals surface area contributed by atoms with Gasteiger partial charge in [0.25, 0.3) is 0 Å². The third-order valence-corrected chi connectivity index (χ3v) is 8.57. The van der Waals surface area contributed by atoms with Crippen molar-refractivity contribution in [3.05, 3.63) is 11.6 Å². The topological polar surface area (TPSA) is 179 Å². The molecule has 0 amide bonds. The minimum Gasteiger partial charge on any atom is -0.396 e. The van der Waals surface area contributed by atoms with Crippen LogP contribution in [-0.2, 0) is 23.7 Å². The van der Waals surface area contributed by atoms with Crippen LogP contribution in [0.5, 0.6) is 0 Å². The van der Waals surface area contributed by atoms with E-state index in [4.69, 9.17) is 18.9 Å². The molecule has 4 fully saturated rings. The molecule has 1 saturated carbocycles. The molecule has 1 unspecified atom stereocenters. The lowest BCUT2D eigenvalue weighted by Gasteiger charge is -2.58. The summed E-state index contributed by atoms with van der Waals surface area (Å²) in [4.78, 5) is 12.7. The summed E-state index contributed by atoms with van der Waals surface area (Å²) in [6, 6.07) is 0. The monoisotopic (exact) mass is 458 g/mol. The molecule has 11 nitrogen and oxygen atoms in total. The van der Waals surface area contributed by atoms with Gasteiger partial charge in [-0.15, -0.1) is 0 Å². The number of Topliss-reactive ketones (excluding diaryl/α,β-unsaturated/α-hetero) is 1. The molecule has 12 atom stereocenters. The van der Waals surface area contributed by atoms with Crippen molar-refractivity contribution in [1.82, 2.24) is 0 Å². The van der Waals surface area contributed by atoms with E-state index in [0.717, 1.165) is 0 Å². The number of aliphatic hydroxyl groups excluding tert-OH is 6. The number of aliphatic hydroxyl groups is 6. The zero-order valence-corrected chi connectivity index (χ0v) is 17.8. The zero-order chi connectivity index (χ0) is 23.2. The predicted octanol–water partition coefficient (Wildman–Crippen LogP) is -3.01. The van der Waals surface area contributed by atoms with Crippen molar-refractivity contribution in [2.75, 3.05) is 19.8 Å². The van der Waals surface area contributed by atoms with Crippen LogP contribution in [0.2, 0.25) is 0 Å². The zero-order valence-electron chi connectivity index (χ0n) is 17.8. The first kappa shape index (κ1) is 22.8. The Morgan fingerprint density at radius 1 is 1.12 bits per heavy atom. The number of hydrogen-bond acceptors (Lipinski definition) is 11. The summed E-state index contributed by atoms with van der Waals surface area (Å²) in [6.45, 7) is 2.59. The van der Waals surface area contributed by atoms with Crippen LogP contribution in [-0.4, -0.2) is 117 Å². The van der Waals surface area contributed by atoms with Crippen LogP contribution in [0, 0.1) is 10.8 Å². The summed E-state index contributed by atoms with van der Waals surface area (Å²) in [6.07, 6.45) is -9.03. The highest BCUT2D eigenvalue weighted by Crippen LogP contribution is 2.71. The van der Waals surface area contributed by atoms with Crippen LogP contribution in [0.1, 0.15) is 20.3 Å². The van der Waals surface area contributed by atoms with E-state index >= 15 is 0 Å². The molecule has 1 spiro atoms. The van der Waals surface area contributed by atoms with Crippen molar-refractivity contribution in [2.45, 2.75) is 81.0 Å². The van der Waals surface area contributed by atoms with Gasteiger partial charge in [0.15, 0.2) is 12.1 Å². The molecule has 11 heteroatoms. The number of carbonyl (C=O) groups is 1. The molecule has 2 bridgehead atoms. The molecule has 32 heavy (non-hydrogen) atoms. The van der Waals surface area contributed by atoms with Crippen LogP contribution < -0.4 is 0 Å². The summed E-state index contributed by atoms with van der Waals surface area (Å²) < 4.78 is 23.7. The number of carbonyl (C=O) groups excluding carboxylic acids is 1. The van der Waals surface area contributed by atoms with Crippen molar-refractivity contribution in [3.8, 4) is 0 Å². The van der Waals surface area contributed by atoms with Crippen LogP contribution in [0.4, 0.5) is 0 Å². The maximum atomic E-state index is 12.7. The van der Waals surface area contributed by atoms with Crippen LogP contribution in [0.15, 0.2) is 11.6 Å². The van der Waals surface area contributed by atoms with E-state index in [1.165, 1.54) is 0 Å². The van der Waals surface area contributed by atoms with Crippen LogP contribution in [0.25, 0.3) is 0 Å². The Morgan fingerprint density at radius 2 is 1.81 bits per heavy atom. The fourth-order valence-electron chi connectivity index (χ4n) is 6.46. The van der Waals surface area contributed by atoms with E-state index in [0.29, 0.717) is 5.57 Å². The van der Waals surface area contributed by atoms with Gasteiger partial charge < -0.3 is 49.6 Å². The lowest BCUT2D eigenvalue weighted by atomic mass is 9.50. The Balaban J connectivity index is 1.49. The highest BCUT2D eigenvalue weighted by molar-refractivity contribution is 6.00. The summed E-state index contributed by atoms with van der Waals surface area (Å²) in [5.41, 5.74) is -2.85. The van der Waals surface area contributed by atoms with Gasteiger partial charge in [-0.1, -0.05) is 6.92 Å². The standard InChI is InChI=1S/C21H30O11/c1-8-3-11-20(6-23,16(28)12(8)24)19(2)4-9(17(32-11)21(19)7-29-21)30-18-15(27)14(26)13(25)10(5-22)31-18/h3,9-11,13-18,22-23,25-28H,4-7H2,1-2H3/t9-,10+,11+,13+,14-,15+,16-,17+,18+,19+,20+,21?/m0/s1. The van der Waals surface area contributed by atoms with Crippen molar-refractivity contribution in [2.24, 2.45) is 10.8 Å². The third kappa shape index (κ3) is 2.58. The molecule has 0 aromatic carbocycles. The number of epoxide rings is 1. The predicted molar refractivity (Wildman–Crippen MR) is 103 cm³/mol. The molecule has 0 aromatic rings. The Morgan fingerprint density at radius 3 is 2.41 bits per heavy atom. The Labute approximate surface area is 184 Å². The number of hydrogen-bond donors (Lipinski definition) is 6. The molecular weight excluding hydrogens is 428 g/mol. The second kappa shape index (κ2) is 7.25. The second-order valence-corrected chi connectivity index (χ2v) is 9.88. The first-order chi connectivity index (χ1) is 15.1. The molecule has 0 aromatic heterocycles. The molecule has 5 rings (SSSR count). The van der Waals surface area contributed by atoms with E-state index in [-0.39, 0.29) is 13.0 Å². The molecule has 2 aliphatic carbocycles.